The molecule has 0 saturated carbocycles. The van der Waals surface area contributed by atoms with E-state index in [4.69, 9.17) is 28.9 Å². The lowest BCUT2D eigenvalue weighted by Gasteiger charge is -2.34. The summed E-state index contributed by atoms with van der Waals surface area (Å²) in [5.41, 5.74) is 8.51. The van der Waals surface area contributed by atoms with Crippen LogP contribution >= 0.6 is 34.5 Å². The van der Waals surface area contributed by atoms with Crippen LogP contribution in [0.25, 0.3) is 10.4 Å². The van der Waals surface area contributed by atoms with E-state index in [9.17, 15) is 4.79 Å². The number of carbonyl (C=O) groups excluding carboxylic acids is 1. The van der Waals surface area contributed by atoms with Crippen molar-refractivity contribution in [3.8, 4) is 10.4 Å². The Bertz CT molecular complexity index is 974. The molecule has 0 fully saturated rings. The zero-order valence-electron chi connectivity index (χ0n) is 16.4. The third-order valence-corrected chi connectivity index (χ3v) is 6.69. The predicted molar refractivity (Wildman–Crippen MR) is 125 cm³/mol. The van der Waals surface area contributed by atoms with Crippen molar-refractivity contribution in [2.24, 2.45) is 11.7 Å². The van der Waals surface area contributed by atoms with Gasteiger partial charge in [0.05, 0.1) is 22.3 Å². The highest BCUT2D eigenvalue weighted by Gasteiger charge is 2.30. The quantitative estimate of drug-likeness (QED) is 0.436. The second-order valence-corrected chi connectivity index (χ2v) is 8.78. The molecular weight excluding hydrogens is 423 g/mol. The maximum Gasteiger partial charge on any atom is 0.260 e. The number of thiophene rings is 1. The Morgan fingerprint density at radius 2 is 1.86 bits per heavy atom. The summed E-state index contributed by atoms with van der Waals surface area (Å²) in [6.07, 6.45) is 0.912. The molecule has 0 aliphatic rings. The van der Waals surface area contributed by atoms with Crippen LogP contribution in [0.5, 0.6) is 0 Å². The van der Waals surface area contributed by atoms with Gasteiger partial charge in [-0.3, -0.25) is 4.79 Å². The molecule has 1 amide bonds. The first kappa shape index (κ1) is 21.8. The van der Waals surface area contributed by atoms with Crippen molar-refractivity contribution in [2.75, 3.05) is 11.4 Å². The Kier molecular flexibility index (Phi) is 7.36. The topological polar surface area (TPSA) is 46.3 Å². The van der Waals surface area contributed by atoms with E-state index in [1.165, 1.54) is 0 Å². The highest BCUT2D eigenvalue weighted by Crippen LogP contribution is 2.35. The molecule has 2 atom stereocenters. The van der Waals surface area contributed by atoms with Crippen molar-refractivity contribution in [1.29, 1.82) is 0 Å². The number of hydrogen-bond donors (Lipinski definition) is 1. The van der Waals surface area contributed by atoms with Gasteiger partial charge in [0, 0.05) is 21.8 Å². The molecular formula is C23H24Cl2N2OS. The van der Waals surface area contributed by atoms with E-state index in [1.807, 2.05) is 29.6 Å². The summed E-state index contributed by atoms with van der Waals surface area (Å²) in [7, 11) is 0. The summed E-state index contributed by atoms with van der Waals surface area (Å²) in [5.74, 6) is 0.0647. The Balaban J connectivity index is 2.06. The van der Waals surface area contributed by atoms with Crippen LogP contribution in [0.4, 0.5) is 5.69 Å². The number of amides is 1. The van der Waals surface area contributed by atoms with Crippen molar-refractivity contribution in [3.05, 3.63) is 75.6 Å². The number of nitrogens with zero attached hydrogens (tertiary/aromatic N) is 1. The maximum absolute atomic E-state index is 13.6. The molecule has 2 N–H and O–H groups in total. The Morgan fingerprint density at radius 3 is 2.48 bits per heavy atom. The minimum absolute atomic E-state index is 0.141. The minimum atomic E-state index is -0.167. The number of carbonyl (C=O) groups is 1. The molecule has 29 heavy (non-hydrogen) atoms. The van der Waals surface area contributed by atoms with Crippen LogP contribution in [0.1, 0.15) is 30.6 Å². The van der Waals surface area contributed by atoms with Gasteiger partial charge in [-0.1, -0.05) is 73.8 Å². The van der Waals surface area contributed by atoms with E-state index in [0.717, 1.165) is 22.5 Å². The molecule has 3 aromatic rings. The number of halogens is 2. The average Bonchev–Trinajstić information content (AvgIpc) is 3.21. The molecule has 3 rings (SSSR count). The Morgan fingerprint density at radius 1 is 1.14 bits per heavy atom. The molecule has 1 aromatic heterocycles. The van der Waals surface area contributed by atoms with Crippen molar-refractivity contribution < 1.29 is 4.79 Å². The molecule has 0 saturated heterocycles. The second-order valence-electron chi connectivity index (χ2n) is 7.02. The summed E-state index contributed by atoms with van der Waals surface area (Å²) < 4.78 is 0. The van der Waals surface area contributed by atoms with Gasteiger partial charge in [0.2, 0.25) is 0 Å². The lowest BCUT2D eigenvalue weighted by Crippen LogP contribution is -2.48. The van der Waals surface area contributed by atoms with Crippen molar-refractivity contribution in [3.63, 3.8) is 0 Å². The Labute approximate surface area is 186 Å². The van der Waals surface area contributed by atoms with E-state index >= 15 is 0 Å². The van der Waals surface area contributed by atoms with Crippen molar-refractivity contribution >= 4 is 46.1 Å². The van der Waals surface area contributed by atoms with E-state index in [-0.39, 0.29) is 17.9 Å². The molecule has 3 nitrogen and oxygen atoms in total. The van der Waals surface area contributed by atoms with Crippen LogP contribution in [0.15, 0.2) is 60.0 Å². The van der Waals surface area contributed by atoms with Gasteiger partial charge >= 0.3 is 0 Å². The van der Waals surface area contributed by atoms with Crippen LogP contribution in [-0.2, 0) is 0 Å². The Hall–Kier alpha value is -1.85. The molecule has 2 unspecified atom stereocenters. The summed E-state index contributed by atoms with van der Waals surface area (Å²) in [6, 6.07) is 17.0. The van der Waals surface area contributed by atoms with Gasteiger partial charge in [-0.2, -0.15) is 0 Å². The maximum atomic E-state index is 13.6. The van der Waals surface area contributed by atoms with E-state index in [0.29, 0.717) is 22.2 Å². The summed E-state index contributed by atoms with van der Waals surface area (Å²) in [6.45, 7) is 4.59. The predicted octanol–water partition coefficient (Wildman–Crippen LogP) is 6.74. The van der Waals surface area contributed by atoms with E-state index in [2.05, 4.69) is 26.0 Å². The first-order valence-electron chi connectivity index (χ1n) is 9.58. The van der Waals surface area contributed by atoms with Gasteiger partial charge in [0.1, 0.15) is 0 Å². The summed E-state index contributed by atoms with van der Waals surface area (Å²) >= 11 is 14.0. The summed E-state index contributed by atoms with van der Waals surface area (Å²) in [5, 5.41) is 2.85. The molecule has 0 radical (unpaired) electrons. The monoisotopic (exact) mass is 446 g/mol. The largest absolute Gasteiger partial charge is 0.328 e. The summed E-state index contributed by atoms with van der Waals surface area (Å²) in [4.78, 5) is 16.5. The average molecular weight is 447 g/mol. The second kappa shape index (κ2) is 9.77. The van der Waals surface area contributed by atoms with Gasteiger partial charge < -0.3 is 10.6 Å². The fourth-order valence-electron chi connectivity index (χ4n) is 3.32. The first-order chi connectivity index (χ1) is 14.0. The molecule has 0 bridgehead atoms. The molecule has 0 aliphatic heterocycles. The molecule has 0 aliphatic carbocycles. The smallest absolute Gasteiger partial charge is 0.260 e. The number of anilines is 1. The van der Waals surface area contributed by atoms with Gasteiger partial charge in [-0.05, 0) is 35.7 Å². The standard InChI is InChI=1S/C23H24Cl2N2OS/c1-3-15(2)21(13-26)27(23(28)19-10-9-17(24)11-20(19)25)18-12-22(29-14-18)16-7-5-4-6-8-16/h4-12,14-15,21H,3,13,26H2,1-2H3. The van der Waals surface area contributed by atoms with Gasteiger partial charge in [0.25, 0.3) is 5.91 Å². The van der Waals surface area contributed by atoms with Crippen molar-refractivity contribution in [2.45, 2.75) is 26.3 Å². The van der Waals surface area contributed by atoms with Crippen LogP contribution in [-0.4, -0.2) is 18.5 Å². The lowest BCUT2D eigenvalue weighted by molar-refractivity contribution is 0.0969. The molecule has 1 heterocycles. The third kappa shape index (κ3) is 4.84. The highest BCUT2D eigenvalue weighted by molar-refractivity contribution is 7.14. The molecule has 2 aromatic carbocycles. The van der Waals surface area contributed by atoms with Crippen LogP contribution in [0.2, 0.25) is 10.0 Å². The first-order valence-corrected chi connectivity index (χ1v) is 11.2. The number of benzene rings is 2. The molecule has 6 heteroatoms. The number of rotatable bonds is 7. The lowest BCUT2D eigenvalue weighted by atomic mass is 9.96. The number of hydrogen-bond acceptors (Lipinski definition) is 3. The fourth-order valence-corrected chi connectivity index (χ4v) is 4.70. The van der Waals surface area contributed by atoms with Crippen molar-refractivity contribution in [1.82, 2.24) is 0 Å². The van der Waals surface area contributed by atoms with E-state index < -0.39 is 0 Å². The third-order valence-electron chi connectivity index (χ3n) is 5.18. The molecule has 152 valence electrons. The highest BCUT2D eigenvalue weighted by atomic mass is 35.5. The van der Waals surface area contributed by atoms with Crippen LogP contribution in [0, 0.1) is 5.92 Å². The zero-order chi connectivity index (χ0) is 21.0. The van der Waals surface area contributed by atoms with Crippen LogP contribution < -0.4 is 10.6 Å². The SMILES string of the molecule is CCC(C)C(CN)N(C(=O)c1ccc(Cl)cc1Cl)c1csc(-c2ccccc2)c1. The van der Waals surface area contributed by atoms with Gasteiger partial charge in [0.15, 0.2) is 0 Å². The van der Waals surface area contributed by atoms with Gasteiger partial charge in [-0.15, -0.1) is 11.3 Å². The molecule has 0 spiro atoms. The fraction of sp³-hybridized carbons (Fsp3) is 0.261. The number of nitrogens with two attached hydrogens (primary N) is 1. The van der Waals surface area contributed by atoms with E-state index in [1.54, 1.807) is 34.4 Å². The minimum Gasteiger partial charge on any atom is -0.328 e. The van der Waals surface area contributed by atoms with Gasteiger partial charge in [-0.25, -0.2) is 0 Å². The van der Waals surface area contributed by atoms with Crippen LogP contribution in [0.3, 0.4) is 0 Å². The zero-order valence-corrected chi connectivity index (χ0v) is 18.8. The normalized spacial score (nSPS) is 13.1.